The molecule has 2 bridgehead atoms. The number of carbonyl (C=O) groups is 1. The number of hydrogen-bond acceptors (Lipinski definition) is 6. The molecule has 0 aromatic heterocycles. The fraction of sp³-hybridized carbons (Fsp3) is 0.471. The van der Waals surface area contributed by atoms with Gasteiger partial charge < -0.3 is 24.4 Å². The van der Waals surface area contributed by atoms with Crippen molar-refractivity contribution in [3.63, 3.8) is 0 Å². The summed E-state index contributed by atoms with van der Waals surface area (Å²) in [4.78, 5) is 12.2. The standard InChI is InChI=1S/C17H18O6/c1-8-4-3-7-17-15(23-17)14(22-16(17)20)12-10(19)6-5-9(18)11(12)13(8)21-2/h4-6,13-15,18-19H,3,7H2,1-2H3. The van der Waals surface area contributed by atoms with Crippen molar-refractivity contribution in [1.82, 2.24) is 0 Å². The minimum absolute atomic E-state index is 0.00725. The zero-order chi connectivity index (χ0) is 16.4. The van der Waals surface area contributed by atoms with E-state index in [1.54, 1.807) is 7.11 Å². The first-order chi connectivity index (χ1) is 11.0. The maximum absolute atomic E-state index is 12.2. The molecule has 4 atom stereocenters. The number of methoxy groups -OCH3 is 1. The van der Waals surface area contributed by atoms with E-state index in [0.29, 0.717) is 24.0 Å². The van der Waals surface area contributed by atoms with Gasteiger partial charge in [-0.05, 0) is 37.5 Å². The highest BCUT2D eigenvalue weighted by atomic mass is 16.7. The van der Waals surface area contributed by atoms with E-state index in [2.05, 4.69) is 0 Å². The number of epoxide rings is 1. The molecule has 6 heteroatoms. The molecule has 2 aliphatic heterocycles. The SMILES string of the molecule is COC1C(C)=CCCC23OC2C(OC3=O)c2c(O)ccc(O)c21. The number of carbonyl (C=O) groups excluding carboxylic acids is 1. The molecular weight excluding hydrogens is 300 g/mol. The highest BCUT2D eigenvalue weighted by Crippen LogP contribution is 2.59. The Morgan fingerprint density at radius 1 is 1.26 bits per heavy atom. The Morgan fingerprint density at radius 3 is 2.61 bits per heavy atom. The predicted octanol–water partition coefficient (Wildman–Crippen LogP) is 2.26. The quantitative estimate of drug-likeness (QED) is 0.357. The summed E-state index contributed by atoms with van der Waals surface area (Å²) in [7, 11) is 1.54. The second-order valence-electron chi connectivity index (χ2n) is 6.29. The van der Waals surface area contributed by atoms with Crippen LogP contribution in [0.25, 0.3) is 0 Å². The molecule has 0 amide bonds. The van der Waals surface area contributed by atoms with Crippen molar-refractivity contribution >= 4 is 5.97 Å². The minimum atomic E-state index is -0.906. The number of benzene rings is 1. The number of allylic oxidation sites excluding steroid dienone is 1. The summed E-state index contributed by atoms with van der Waals surface area (Å²) in [6.45, 7) is 1.90. The molecule has 122 valence electrons. The molecule has 1 aromatic carbocycles. The molecule has 4 rings (SSSR count). The summed E-state index contributed by atoms with van der Waals surface area (Å²) >= 11 is 0. The summed E-state index contributed by atoms with van der Waals surface area (Å²) < 4.78 is 16.7. The minimum Gasteiger partial charge on any atom is -0.508 e. The lowest BCUT2D eigenvalue weighted by Crippen LogP contribution is -2.22. The van der Waals surface area contributed by atoms with Gasteiger partial charge in [0.25, 0.3) is 0 Å². The Balaban J connectivity index is 1.96. The third kappa shape index (κ3) is 1.85. The molecule has 0 saturated carbocycles. The zero-order valence-corrected chi connectivity index (χ0v) is 12.9. The van der Waals surface area contributed by atoms with E-state index >= 15 is 0 Å². The average Bonchev–Trinajstić information content (AvgIpc) is 3.19. The second-order valence-corrected chi connectivity index (χ2v) is 6.29. The normalized spacial score (nSPS) is 35.0. The van der Waals surface area contributed by atoms with Crippen molar-refractivity contribution in [2.75, 3.05) is 7.11 Å². The van der Waals surface area contributed by atoms with Crippen LogP contribution in [-0.2, 0) is 19.0 Å². The topological polar surface area (TPSA) is 88.5 Å². The number of esters is 1. The Hall–Kier alpha value is -2.05. The van der Waals surface area contributed by atoms with Crippen molar-refractivity contribution in [3.8, 4) is 11.5 Å². The van der Waals surface area contributed by atoms with Crippen molar-refractivity contribution in [2.45, 2.75) is 43.7 Å². The van der Waals surface area contributed by atoms with Crippen LogP contribution in [0.4, 0.5) is 0 Å². The average molecular weight is 318 g/mol. The van der Waals surface area contributed by atoms with E-state index in [1.807, 2.05) is 13.0 Å². The first-order valence-corrected chi connectivity index (χ1v) is 7.62. The highest BCUT2D eigenvalue weighted by molar-refractivity contribution is 5.87. The number of fused-ring (bicyclic) bond motifs is 2. The third-order valence-corrected chi connectivity index (χ3v) is 5.01. The van der Waals surface area contributed by atoms with E-state index in [-0.39, 0.29) is 11.5 Å². The monoisotopic (exact) mass is 318 g/mol. The largest absolute Gasteiger partial charge is 0.508 e. The third-order valence-electron chi connectivity index (χ3n) is 5.01. The molecule has 6 nitrogen and oxygen atoms in total. The van der Waals surface area contributed by atoms with Crippen LogP contribution in [0.3, 0.4) is 0 Å². The van der Waals surface area contributed by atoms with E-state index in [4.69, 9.17) is 14.2 Å². The lowest BCUT2D eigenvalue weighted by Gasteiger charge is -2.24. The highest BCUT2D eigenvalue weighted by Gasteiger charge is 2.73. The van der Waals surface area contributed by atoms with Gasteiger partial charge in [0.05, 0.1) is 0 Å². The molecule has 4 unspecified atom stereocenters. The van der Waals surface area contributed by atoms with Crippen LogP contribution in [-0.4, -0.2) is 35.0 Å². The van der Waals surface area contributed by atoms with Crippen molar-refractivity contribution in [3.05, 3.63) is 34.9 Å². The fourth-order valence-electron chi connectivity index (χ4n) is 3.79. The molecule has 0 radical (unpaired) electrons. The molecule has 2 saturated heterocycles. The van der Waals surface area contributed by atoms with E-state index in [9.17, 15) is 15.0 Å². The number of ether oxygens (including phenoxy) is 3. The Morgan fingerprint density at radius 2 is 1.96 bits per heavy atom. The van der Waals surface area contributed by atoms with Crippen molar-refractivity contribution in [1.29, 1.82) is 0 Å². The molecule has 3 aliphatic rings. The summed E-state index contributed by atoms with van der Waals surface area (Å²) in [5.41, 5.74) is 0.782. The molecule has 2 fully saturated rings. The Bertz CT molecular complexity index is 724. The summed E-state index contributed by atoms with van der Waals surface area (Å²) in [5, 5.41) is 20.7. The van der Waals surface area contributed by atoms with E-state index in [0.717, 1.165) is 5.57 Å². The summed E-state index contributed by atoms with van der Waals surface area (Å²) in [5.74, 6) is -0.451. The van der Waals surface area contributed by atoms with Gasteiger partial charge >= 0.3 is 5.97 Å². The van der Waals surface area contributed by atoms with Crippen LogP contribution in [0.1, 0.15) is 43.1 Å². The predicted molar refractivity (Wildman–Crippen MR) is 78.9 cm³/mol. The first kappa shape index (κ1) is 14.5. The lowest BCUT2D eigenvalue weighted by molar-refractivity contribution is -0.154. The smallest absolute Gasteiger partial charge is 0.342 e. The van der Waals surface area contributed by atoms with E-state index < -0.39 is 29.9 Å². The number of phenols is 2. The lowest BCUT2D eigenvalue weighted by atomic mass is 9.87. The van der Waals surface area contributed by atoms with Crippen LogP contribution in [0.2, 0.25) is 0 Å². The van der Waals surface area contributed by atoms with Gasteiger partial charge in [-0.1, -0.05) is 6.08 Å². The summed E-state index contributed by atoms with van der Waals surface area (Å²) in [6.07, 6.45) is 1.48. The molecule has 1 aromatic rings. The van der Waals surface area contributed by atoms with Gasteiger partial charge in [-0.3, -0.25) is 0 Å². The maximum atomic E-state index is 12.2. The maximum Gasteiger partial charge on any atom is 0.342 e. The van der Waals surface area contributed by atoms with Crippen LogP contribution < -0.4 is 0 Å². The first-order valence-electron chi connectivity index (χ1n) is 7.62. The van der Waals surface area contributed by atoms with Crippen molar-refractivity contribution < 1.29 is 29.2 Å². The van der Waals surface area contributed by atoms with Gasteiger partial charge in [0.2, 0.25) is 0 Å². The Labute approximate surface area is 133 Å². The van der Waals surface area contributed by atoms with Crippen molar-refractivity contribution in [2.24, 2.45) is 0 Å². The molecule has 2 heterocycles. The second kappa shape index (κ2) is 4.72. The van der Waals surface area contributed by atoms with Crippen LogP contribution in [0.15, 0.2) is 23.8 Å². The van der Waals surface area contributed by atoms with Gasteiger partial charge in [-0.25, -0.2) is 4.79 Å². The van der Waals surface area contributed by atoms with Gasteiger partial charge in [-0.2, -0.15) is 0 Å². The number of hydrogen-bond donors (Lipinski definition) is 2. The fourth-order valence-corrected chi connectivity index (χ4v) is 3.79. The molecule has 2 N–H and O–H groups in total. The van der Waals surface area contributed by atoms with Gasteiger partial charge in [0.1, 0.15) is 23.7 Å². The zero-order valence-electron chi connectivity index (χ0n) is 12.9. The van der Waals surface area contributed by atoms with Crippen LogP contribution in [0.5, 0.6) is 11.5 Å². The van der Waals surface area contributed by atoms with Gasteiger partial charge in [0.15, 0.2) is 11.7 Å². The van der Waals surface area contributed by atoms with Gasteiger partial charge in [-0.15, -0.1) is 0 Å². The van der Waals surface area contributed by atoms with E-state index in [1.165, 1.54) is 12.1 Å². The number of aromatic hydroxyl groups is 2. The van der Waals surface area contributed by atoms with Gasteiger partial charge in [0, 0.05) is 18.2 Å². The summed E-state index contributed by atoms with van der Waals surface area (Å²) in [6, 6.07) is 2.80. The molecule has 0 spiro atoms. The van der Waals surface area contributed by atoms with Crippen LogP contribution >= 0.6 is 0 Å². The number of phenolic OH excluding ortho intramolecular Hbond substituents is 2. The molecular formula is C17H18O6. The molecule has 1 aliphatic carbocycles. The Kier molecular flexibility index (Phi) is 2.98. The van der Waals surface area contributed by atoms with Crippen LogP contribution in [0, 0.1) is 0 Å². The molecule has 23 heavy (non-hydrogen) atoms. The number of rotatable bonds is 1.